The zero-order chi connectivity index (χ0) is 13.7. The minimum atomic E-state index is -0.497. The number of amides is 1. The van der Waals surface area contributed by atoms with Crippen molar-refractivity contribution in [2.24, 2.45) is 4.99 Å². The molecule has 0 saturated heterocycles. The third-order valence-corrected chi connectivity index (χ3v) is 3.64. The van der Waals surface area contributed by atoms with E-state index < -0.39 is 6.10 Å². The minimum absolute atomic E-state index is 0.0268. The summed E-state index contributed by atoms with van der Waals surface area (Å²) in [4.78, 5) is 18.4. The highest BCUT2D eigenvalue weighted by Crippen LogP contribution is 2.17. The number of nitrogens with zero attached hydrogens (tertiary/aromatic N) is 2. The highest BCUT2D eigenvalue weighted by molar-refractivity contribution is 8.13. The van der Waals surface area contributed by atoms with Gasteiger partial charge < -0.3 is 4.74 Å². The molecule has 1 aromatic carbocycles. The monoisotopic (exact) mass is 278 g/mol. The van der Waals surface area contributed by atoms with Crippen LogP contribution in [-0.2, 0) is 4.79 Å². The van der Waals surface area contributed by atoms with Crippen LogP contribution in [0.25, 0.3) is 0 Å². The van der Waals surface area contributed by atoms with Gasteiger partial charge in [-0.1, -0.05) is 36.9 Å². The van der Waals surface area contributed by atoms with Crippen molar-refractivity contribution in [3.05, 3.63) is 30.3 Å². The maximum atomic E-state index is 12.3. The van der Waals surface area contributed by atoms with Gasteiger partial charge in [-0.15, -0.1) is 0 Å². The van der Waals surface area contributed by atoms with Crippen LogP contribution in [0.1, 0.15) is 13.8 Å². The number of aliphatic imine (C=N–C) groups is 1. The molecule has 0 aromatic heterocycles. The molecular formula is C14H18N2O2S. The van der Waals surface area contributed by atoms with E-state index in [-0.39, 0.29) is 5.91 Å². The molecule has 1 atom stereocenters. The molecule has 19 heavy (non-hydrogen) atoms. The zero-order valence-corrected chi connectivity index (χ0v) is 12.0. The largest absolute Gasteiger partial charge is 0.481 e. The minimum Gasteiger partial charge on any atom is -0.481 e. The maximum absolute atomic E-state index is 12.3. The molecule has 2 rings (SSSR count). The van der Waals surface area contributed by atoms with E-state index in [0.717, 1.165) is 10.9 Å². The average Bonchev–Trinajstić information content (AvgIpc) is 2.87. The van der Waals surface area contributed by atoms with Crippen molar-refractivity contribution in [1.82, 2.24) is 4.90 Å². The van der Waals surface area contributed by atoms with E-state index in [1.165, 1.54) is 0 Å². The number of thioether (sulfide) groups is 1. The standard InChI is InChI=1S/C14H18N2O2S/c1-3-19-14-15-9-10-16(14)13(17)11(2)18-12-7-5-4-6-8-12/h4-8,11H,3,9-10H2,1-2H3/t11-/m0/s1. The fourth-order valence-corrected chi connectivity index (χ4v) is 2.63. The maximum Gasteiger partial charge on any atom is 0.269 e. The lowest BCUT2D eigenvalue weighted by Gasteiger charge is -2.22. The highest BCUT2D eigenvalue weighted by Gasteiger charge is 2.28. The van der Waals surface area contributed by atoms with Gasteiger partial charge in [0.05, 0.1) is 6.54 Å². The van der Waals surface area contributed by atoms with Crippen molar-refractivity contribution in [3.8, 4) is 5.75 Å². The number of benzene rings is 1. The van der Waals surface area contributed by atoms with Crippen molar-refractivity contribution in [1.29, 1.82) is 0 Å². The molecule has 0 aliphatic carbocycles. The lowest BCUT2D eigenvalue weighted by Crippen LogP contribution is -2.41. The van der Waals surface area contributed by atoms with E-state index in [1.807, 2.05) is 30.3 Å². The fourth-order valence-electron chi connectivity index (χ4n) is 1.86. The average molecular weight is 278 g/mol. The van der Waals surface area contributed by atoms with Gasteiger partial charge in [0.15, 0.2) is 11.3 Å². The van der Waals surface area contributed by atoms with Crippen molar-refractivity contribution in [3.63, 3.8) is 0 Å². The van der Waals surface area contributed by atoms with Crippen LogP contribution in [0.4, 0.5) is 0 Å². The fraction of sp³-hybridized carbons (Fsp3) is 0.429. The van der Waals surface area contributed by atoms with Crippen LogP contribution in [0.15, 0.2) is 35.3 Å². The van der Waals surface area contributed by atoms with E-state index >= 15 is 0 Å². The molecule has 1 aliphatic rings. The van der Waals surface area contributed by atoms with Gasteiger partial charge in [0.2, 0.25) is 0 Å². The zero-order valence-electron chi connectivity index (χ0n) is 11.2. The lowest BCUT2D eigenvalue weighted by molar-refractivity contribution is -0.133. The number of hydrogen-bond acceptors (Lipinski definition) is 4. The summed E-state index contributed by atoms with van der Waals surface area (Å²) in [6.07, 6.45) is -0.497. The lowest BCUT2D eigenvalue weighted by atomic mass is 10.3. The summed E-state index contributed by atoms with van der Waals surface area (Å²) in [5.74, 6) is 1.60. The van der Waals surface area contributed by atoms with E-state index in [9.17, 15) is 4.79 Å². The molecule has 1 aromatic rings. The van der Waals surface area contributed by atoms with Crippen LogP contribution in [0.3, 0.4) is 0 Å². The molecule has 0 spiro atoms. The molecule has 0 unspecified atom stereocenters. The predicted molar refractivity (Wildman–Crippen MR) is 78.7 cm³/mol. The summed E-state index contributed by atoms with van der Waals surface area (Å²) in [6.45, 7) is 5.18. The number of para-hydroxylation sites is 1. The topological polar surface area (TPSA) is 41.9 Å². The molecule has 1 heterocycles. The Morgan fingerprint density at radius 3 is 2.89 bits per heavy atom. The highest BCUT2D eigenvalue weighted by atomic mass is 32.2. The second-order valence-electron chi connectivity index (χ2n) is 4.16. The Hall–Kier alpha value is -1.49. The number of carbonyl (C=O) groups is 1. The second-order valence-corrected chi connectivity index (χ2v) is 5.39. The molecule has 5 heteroatoms. The Kier molecular flexibility index (Phi) is 4.85. The molecule has 4 nitrogen and oxygen atoms in total. The van der Waals surface area contributed by atoms with E-state index in [4.69, 9.17) is 4.74 Å². The quantitative estimate of drug-likeness (QED) is 0.849. The molecule has 1 aliphatic heterocycles. The third kappa shape index (κ3) is 3.50. The first-order valence-electron chi connectivity index (χ1n) is 6.42. The second kappa shape index (κ2) is 6.61. The van der Waals surface area contributed by atoms with Crippen LogP contribution >= 0.6 is 11.8 Å². The first-order valence-corrected chi connectivity index (χ1v) is 7.41. The molecule has 102 valence electrons. The number of amidine groups is 1. The van der Waals surface area contributed by atoms with Crippen molar-refractivity contribution < 1.29 is 9.53 Å². The number of carbonyl (C=O) groups excluding carboxylic acids is 1. The molecular weight excluding hydrogens is 260 g/mol. The van der Waals surface area contributed by atoms with Crippen molar-refractivity contribution >= 4 is 22.8 Å². The number of rotatable bonds is 4. The van der Waals surface area contributed by atoms with Crippen LogP contribution < -0.4 is 4.74 Å². The van der Waals surface area contributed by atoms with Gasteiger partial charge >= 0.3 is 0 Å². The van der Waals surface area contributed by atoms with E-state index in [1.54, 1.807) is 23.6 Å². The van der Waals surface area contributed by atoms with Gasteiger partial charge in [0, 0.05) is 6.54 Å². The summed E-state index contributed by atoms with van der Waals surface area (Å²) in [5.41, 5.74) is 0. The SMILES string of the molecule is CCSC1=NCCN1C(=O)[C@H](C)Oc1ccccc1. The molecule has 0 N–H and O–H groups in total. The predicted octanol–water partition coefficient (Wildman–Crippen LogP) is 2.41. The third-order valence-electron chi connectivity index (χ3n) is 2.74. The number of ether oxygens (including phenoxy) is 1. The van der Waals surface area contributed by atoms with Gasteiger partial charge in [-0.25, -0.2) is 0 Å². The Morgan fingerprint density at radius 2 is 2.21 bits per heavy atom. The van der Waals surface area contributed by atoms with Crippen molar-refractivity contribution in [2.75, 3.05) is 18.8 Å². The summed E-state index contributed by atoms with van der Waals surface area (Å²) in [5, 5.41) is 0.816. The van der Waals surface area contributed by atoms with Crippen LogP contribution in [0.2, 0.25) is 0 Å². The summed E-state index contributed by atoms with van der Waals surface area (Å²) < 4.78 is 5.66. The summed E-state index contributed by atoms with van der Waals surface area (Å²) >= 11 is 1.60. The van der Waals surface area contributed by atoms with Crippen molar-refractivity contribution in [2.45, 2.75) is 20.0 Å². The van der Waals surface area contributed by atoms with Crippen LogP contribution in [0, 0.1) is 0 Å². The first kappa shape index (κ1) is 13.9. The van der Waals surface area contributed by atoms with Crippen LogP contribution in [0.5, 0.6) is 5.75 Å². The Bertz CT molecular complexity index is 462. The van der Waals surface area contributed by atoms with Gasteiger partial charge in [-0.2, -0.15) is 0 Å². The number of hydrogen-bond donors (Lipinski definition) is 0. The molecule has 0 saturated carbocycles. The molecule has 0 fully saturated rings. The van der Waals surface area contributed by atoms with Gasteiger partial charge in [0.25, 0.3) is 5.91 Å². The van der Waals surface area contributed by atoms with Crippen LogP contribution in [-0.4, -0.2) is 40.9 Å². The van der Waals surface area contributed by atoms with E-state index in [0.29, 0.717) is 18.8 Å². The van der Waals surface area contributed by atoms with Gasteiger partial charge in [-0.05, 0) is 24.8 Å². The molecule has 1 amide bonds. The molecule has 0 bridgehead atoms. The summed E-state index contributed by atoms with van der Waals surface area (Å²) in [7, 11) is 0. The Morgan fingerprint density at radius 1 is 1.47 bits per heavy atom. The first-order chi connectivity index (χ1) is 9.22. The van der Waals surface area contributed by atoms with E-state index in [2.05, 4.69) is 11.9 Å². The normalized spacial score (nSPS) is 16.1. The smallest absolute Gasteiger partial charge is 0.269 e. The van der Waals surface area contributed by atoms with Gasteiger partial charge in [0.1, 0.15) is 5.75 Å². The summed E-state index contributed by atoms with van der Waals surface area (Å²) in [6, 6.07) is 9.40. The molecule has 0 radical (unpaired) electrons. The van der Waals surface area contributed by atoms with Gasteiger partial charge in [-0.3, -0.25) is 14.7 Å². The Balaban J connectivity index is 1.98. The Labute approximate surface area is 117 Å².